The number of rotatable bonds is 3. The van der Waals surface area contributed by atoms with Gasteiger partial charge in [-0.1, -0.05) is 0 Å². The van der Waals surface area contributed by atoms with Crippen LogP contribution in [-0.4, -0.2) is 13.3 Å². The Labute approximate surface area is 92.3 Å². The van der Waals surface area contributed by atoms with Crippen LogP contribution in [0.4, 0.5) is 14.5 Å². The number of nitro groups is 1. The van der Waals surface area contributed by atoms with Gasteiger partial charge in [-0.2, -0.15) is 4.39 Å². The van der Waals surface area contributed by atoms with E-state index in [2.05, 4.69) is 4.52 Å². The lowest BCUT2D eigenvalue weighted by Gasteiger charge is -2.00. The van der Waals surface area contributed by atoms with Gasteiger partial charge in [-0.25, -0.2) is 12.8 Å². The molecule has 0 amide bonds. The van der Waals surface area contributed by atoms with E-state index in [0.717, 1.165) is 0 Å². The van der Waals surface area contributed by atoms with E-state index in [1.165, 1.54) is 0 Å². The highest BCUT2D eigenvalue weighted by Gasteiger charge is 2.25. The van der Waals surface area contributed by atoms with E-state index in [4.69, 9.17) is 5.53 Å². The predicted octanol–water partition coefficient (Wildman–Crippen LogP) is 1.87. The molecule has 11 heteroatoms. The fourth-order valence-corrected chi connectivity index (χ4v) is 1.70. The molecule has 1 aromatic rings. The summed E-state index contributed by atoms with van der Waals surface area (Å²) >= 11 is 0. The van der Waals surface area contributed by atoms with Crippen LogP contribution in [0.2, 0.25) is 0 Å². The monoisotopic (exact) mass is 264 g/mol. The highest BCUT2D eigenvalue weighted by Crippen LogP contribution is 2.25. The maximum absolute atomic E-state index is 13.1. The molecule has 0 spiro atoms. The summed E-state index contributed by atoms with van der Waals surface area (Å²) in [6, 6.07) is 0.173. The number of azide groups is 1. The highest BCUT2D eigenvalue weighted by molar-refractivity contribution is 7.90. The maximum atomic E-state index is 13.1. The predicted molar refractivity (Wildman–Crippen MR) is 49.3 cm³/mol. The number of hydrogen-bond acceptors (Lipinski definition) is 4. The quantitative estimate of drug-likeness (QED) is 0.271. The van der Waals surface area contributed by atoms with Gasteiger partial charge < -0.3 is 0 Å². The van der Waals surface area contributed by atoms with Crippen molar-refractivity contribution in [3.05, 3.63) is 44.3 Å². The normalized spacial score (nSPS) is 10.7. The van der Waals surface area contributed by atoms with E-state index in [-0.39, 0.29) is 12.1 Å². The SMILES string of the molecule is [N-]=[N+]=NS(=O)(=O)c1cc([N+](=O)[O-])c(F)cc1F. The zero-order valence-corrected chi connectivity index (χ0v) is 8.56. The van der Waals surface area contributed by atoms with Crippen molar-refractivity contribution < 1.29 is 22.1 Å². The van der Waals surface area contributed by atoms with Gasteiger partial charge in [0.1, 0.15) is 10.7 Å². The average Bonchev–Trinajstić information content (AvgIpc) is 2.15. The zero-order chi connectivity index (χ0) is 13.2. The standard InChI is InChI=1S/C6H2F2N4O4S/c7-3-1-4(8)6(2-5(3)12(13)14)17(15,16)11-10-9/h1-2H. The second-order valence-corrected chi connectivity index (χ2v) is 4.19. The van der Waals surface area contributed by atoms with Crippen molar-refractivity contribution in [3.8, 4) is 0 Å². The molecule has 0 aromatic heterocycles. The smallest absolute Gasteiger partial charge is 0.258 e. The lowest BCUT2D eigenvalue weighted by Crippen LogP contribution is -2.03. The molecule has 90 valence electrons. The minimum atomic E-state index is -4.75. The van der Waals surface area contributed by atoms with Crippen LogP contribution in [0.15, 0.2) is 21.5 Å². The van der Waals surface area contributed by atoms with Crippen LogP contribution in [-0.2, 0) is 10.0 Å². The van der Waals surface area contributed by atoms with Crippen molar-refractivity contribution in [2.45, 2.75) is 4.90 Å². The van der Waals surface area contributed by atoms with E-state index in [1.807, 2.05) is 4.91 Å². The Morgan fingerprint density at radius 1 is 1.35 bits per heavy atom. The molecule has 1 aromatic carbocycles. The Bertz CT molecular complexity index is 638. The molecule has 0 bridgehead atoms. The van der Waals surface area contributed by atoms with Crippen LogP contribution < -0.4 is 0 Å². The number of nitrogens with zero attached hydrogens (tertiary/aromatic N) is 4. The fraction of sp³-hybridized carbons (Fsp3) is 0. The number of hydrogen-bond donors (Lipinski definition) is 0. The Morgan fingerprint density at radius 2 is 1.94 bits per heavy atom. The van der Waals surface area contributed by atoms with Crippen LogP contribution in [0.25, 0.3) is 10.4 Å². The molecule has 0 N–H and O–H groups in total. The molecule has 0 aliphatic rings. The van der Waals surface area contributed by atoms with Gasteiger partial charge in [0.05, 0.1) is 4.92 Å². The van der Waals surface area contributed by atoms with E-state index in [1.54, 1.807) is 0 Å². The lowest BCUT2D eigenvalue weighted by molar-refractivity contribution is -0.387. The molecule has 0 saturated heterocycles. The Morgan fingerprint density at radius 3 is 2.41 bits per heavy atom. The van der Waals surface area contributed by atoms with Crippen molar-refractivity contribution in [1.29, 1.82) is 0 Å². The summed E-state index contributed by atoms with van der Waals surface area (Å²) in [7, 11) is -4.75. The largest absolute Gasteiger partial charge is 0.306 e. The summed E-state index contributed by atoms with van der Waals surface area (Å²) in [4.78, 5) is 9.75. The molecular weight excluding hydrogens is 262 g/mol. The number of sulfonamides is 1. The van der Waals surface area contributed by atoms with Gasteiger partial charge in [0.2, 0.25) is 5.82 Å². The number of halogens is 2. The summed E-state index contributed by atoms with van der Waals surface area (Å²) in [6.45, 7) is 0. The van der Waals surface area contributed by atoms with Gasteiger partial charge in [0, 0.05) is 21.6 Å². The minimum absolute atomic E-state index is 0.0257. The first-order valence-electron chi connectivity index (χ1n) is 3.74. The minimum Gasteiger partial charge on any atom is -0.258 e. The molecule has 0 unspecified atom stereocenters. The third kappa shape index (κ3) is 2.46. The van der Waals surface area contributed by atoms with Crippen molar-refractivity contribution in [1.82, 2.24) is 0 Å². The van der Waals surface area contributed by atoms with Crippen LogP contribution in [0.3, 0.4) is 0 Å². The number of nitro benzene ring substituents is 1. The molecule has 0 aliphatic carbocycles. The van der Waals surface area contributed by atoms with Gasteiger partial charge in [-0.15, -0.1) is 0 Å². The van der Waals surface area contributed by atoms with Crippen LogP contribution in [0.1, 0.15) is 0 Å². The molecule has 0 aliphatic heterocycles. The molecule has 1 rings (SSSR count). The van der Waals surface area contributed by atoms with Gasteiger partial charge in [-0.05, 0) is 5.53 Å². The van der Waals surface area contributed by atoms with Gasteiger partial charge in [0.15, 0.2) is 0 Å². The Balaban J connectivity index is 3.62. The fourth-order valence-electron chi connectivity index (χ4n) is 0.948. The van der Waals surface area contributed by atoms with Gasteiger partial charge in [-0.3, -0.25) is 10.1 Å². The van der Waals surface area contributed by atoms with Crippen molar-refractivity contribution in [2.75, 3.05) is 0 Å². The molecule has 0 fully saturated rings. The second-order valence-electron chi connectivity index (χ2n) is 2.64. The highest BCUT2D eigenvalue weighted by atomic mass is 32.2. The van der Waals surface area contributed by atoms with Crippen molar-refractivity contribution in [3.63, 3.8) is 0 Å². The first kappa shape index (κ1) is 12.8. The lowest BCUT2D eigenvalue weighted by atomic mass is 10.3. The van der Waals surface area contributed by atoms with Crippen LogP contribution >= 0.6 is 0 Å². The van der Waals surface area contributed by atoms with Gasteiger partial charge in [0.25, 0.3) is 10.0 Å². The topological polar surface area (TPSA) is 126 Å². The summed E-state index contributed by atoms with van der Waals surface area (Å²) in [5, 5.41) is 10.3. The molecule has 0 radical (unpaired) electrons. The molecule has 0 heterocycles. The van der Waals surface area contributed by atoms with Gasteiger partial charge >= 0.3 is 5.69 Å². The molecule has 0 saturated carbocycles. The molecule has 17 heavy (non-hydrogen) atoms. The van der Waals surface area contributed by atoms with E-state index in [0.29, 0.717) is 0 Å². The first-order valence-corrected chi connectivity index (χ1v) is 5.18. The Kier molecular flexibility index (Phi) is 3.25. The Hall–Kier alpha value is -2.26. The summed E-state index contributed by atoms with van der Waals surface area (Å²) in [5.41, 5.74) is 6.70. The third-order valence-electron chi connectivity index (χ3n) is 1.62. The summed E-state index contributed by atoms with van der Waals surface area (Å²) < 4.78 is 50.5. The van der Waals surface area contributed by atoms with E-state index >= 15 is 0 Å². The summed E-state index contributed by atoms with van der Waals surface area (Å²) in [5.74, 6) is -3.12. The molecule has 8 nitrogen and oxygen atoms in total. The second kappa shape index (κ2) is 4.31. The summed E-state index contributed by atoms with van der Waals surface area (Å²) in [6.07, 6.45) is 0. The molecular formula is C6H2F2N4O4S. The zero-order valence-electron chi connectivity index (χ0n) is 7.74. The van der Waals surface area contributed by atoms with Crippen molar-refractivity contribution in [2.24, 2.45) is 4.52 Å². The molecule has 0 atom stereocenters. The van der Waals surface area contributed by atoms with Crippen molar-refractivity contribution >= 4 is 15.7 Å². The van der Waals surface area contributed by atoms with Crippen LogP contribution in [0, 0.1) is 21.7 Å². The van der Waals surface area contributed by atoms with Crippen LogP contribution in [0.5, 0.6) is 0 Å². The van der Waals surface area contributed by atoms with E-state index < -0.39 is 37.2 Å². The third-order valence-corrected chi connectivity index (χ3v) is 2.78. The van der Waals surface area contributed by atoms with E-state index in [9.17, 15) is 27.3 Å². The number of benzene rings is 1. The average molecular weight is 264 g/mol. The first-order chi connectivity index (χ1) is 7.79. The maximum Gasteiger partial charge on any atom is 0.306 e.